The third-order valence-electron chi connectivity index (χ3n) is 10.8. The summed E-state index contributed by atoms with van der Waals surface area (Å²) < 4.78 is 17.9. The number of nitrogens with zero attached hydrogens (tertiary/aromatic N) is 6. The van der Waals surface area contributed by atoms with E-state index >= 15 is 0 Å². The summed E-state index contributed by atoms with van der Waals surface area (Å²) in [6, 6.07) is 30.8. The van der Waals surface area contributed by atoms with Gasteiger partial charge < -0.3 is 24.0 Å². The molecule has 0 saturated carbocycles. The maximum absolute atomic E-state index is 9.40. The lowest BCUT2D eigenvalue weighted by molar-refractivity contribution is 0.184. The molecule has 0 spiro atoms. The summed E-state index contributed by atoms with van der Waals surface area (Å²) >= 11 is 0. The van der Waals surface area contributed by atoms with Gasteiger partial charge in [-0.25, -0.2) is 0 Å². The van der Waals surface area contributed by atoms with E-state index in [9.17, 15) is 21.0 Å². The molecule has 0 atom stereocenters. The first-order valence-corrected chi connectivity index (χ1v) is 20.6. The van der Waals surface area contributed by atoms with Crippen molar-refractivity contribution in [2.75, 3.05) is 57.3 Å². The standard InChI is InChI=1S/C52H56N6O3/c1-51(2)29-40(24-43(31-51)45(33-53)34-54)10-8-38-12-16-47(17-13-38)57(5)20-22-60-49-26-42(37-59-7)27-50(28-49)61-23-21-58(6)48-18-14-39(15-19-48)9-11-41-25-44(46(35-55)36-56)32-52(3,4)30-41/h8-19,24-28H,20-23,29-32,37H2,1-7H3/b10-8+,11-9+. The number of rotatable bonds is 16. The number of nitriles is 4. The smallest absolute Gasteiger partial charge is 0.132 e. The molecule has 0 aromatic heterocycles. The molecule has 9 nitrogen and oxygen atoms in total. The molecule has 0 bridgehead atoms. The zero-order valence-electron chi connectivity index (χ0n) is 36.6. The molecule has 0 aliphatic heterocycles. The molecule has 61 heavy (non-hydrogen) atoms. The second kappa shape index (κ2) is 21.0. The summed E-state index contributed by atoms with van der Waals surface area (Å²) in [7, 11) is 5.76. The summed E-state index contributed by atoms with van der Waals surface area (Å²) in [6.07, 6.45) is 15.5. The van der Waals surface area contributed by atoms with Crippen LogP contribution in [0.1, 0.15) is 70.1 Å². The number of anilines is 2. The van der Waals surface area contributed by atoms with E-state index in [1.54, 1.807) is 7.11 Å². The SMILES string of the molecule is COCc1cc(OCCN(C)c2ccc(/C=C/C3=CC(=C(C#N)C#N)CC(C)(C)C3)cc2)cc(OCCN(C)c2ccc(/C=C/C3=CC(=C(C#N)C#N)CC(C)(C)C3)cc2)c1. The zero-order chi connectivity index (χ0) is 44.0. The van der Waals surface area contributed by atoms with Gasteiger partial charge in [-0.15, -0.1) is 0 Å². The number of benzene rings is 3. The van der Waals surface area contributed by atoms with Gasteiger partial charge in [0.15, 0.2) is 0 Å². The molecule has 2 aliphatic carbocycles. The van der Waals surface area contributed by atoms with Crippen LogP contribution >= 0.6 is 0 Å². The summed E-state index contributed by atoms with van der Waals surface area (Å²) in [4.78, 5) is 4.31. The predicted octanol–water partition coefficient (Wildman–Crippen LogP) is 11.1. The van der Waals surface area contributed by atoms with Crippen LogP contribution in [0.15, 0.2) is 124 Å². The van der Waals surface area contributed by atoms with E-state index in [4.69, 9.17) is 14.2 Å². The summed E-state index contributed by atoms with van der Waals surface area (Å²) in [5.74, 6) is 1.45. The van der Waals surface area contributed by atoms with Crippen molar-refractivity contribution < 1.29 is 14.2 Å². The molecular weight excluding hydrogens is 757 g/mol. The van der Waals surface area contributed by atoms with Crippen molar-refractivity contribution in [1.29, 1.82) is 21.0 Å². The highest BCUT2D eigenvalue weighted by Gasteiger charge is 2.27. The third-order valence-corrected chi connectivity index (χ3v) is 10.8. The van der Waals surface area contributed by atoms with E-state index in [-0.39, 0.29) is 22.0 Å². The Bertz CT molecular complexity index is 2210. The molecule has 0 heterocycles. The molecule has 0 unspecified atom stereocenters. The van der Waals surface area contributed by atoms with E-state index in [2.05, 4.69) is 110 Å². The molecule has 9 heteroatoms. The van der Waals surface area contributed by atoms with Crippen molar-refractivity contribution in [1.82, 2.24) is 0 Å². The quantitative estimate of drug-likeness (QED) is 0.130. The van der Waals surface area contributed by atoms with Gasteiger partial charge in [0.1, 0.15) is 60.1 Å². The Morgan fingerprint density at radius 3 is 1.34 bits per heavy atom. The van der Waals surface area contributed by atoms with Crippen LogP contribution in [-0.2, 0) is 11.3 Å². The summed E-state index contributed by atoms with van der Waals surface area (Å²) in [5, 5.41) is 37.6. The monoisotopic (exact) mass is 812 g/mol. The number of likely N-dealkylation sites (N-methyl/N-ethyl adjacent to an activating group) is 2. The van der Waals surface area contributed by atoms with Crippen LogP contribution in [0.2, 0.25) is 0 Å². The number of hydrogen-bond donors (Lipinski definition) is 0. The number of allylic oxidation sites excluding steroid dienone is 10. The van der Waals surface area contributed by atoms with Crippen LogP contribution in [0.3, 0.4) is 0 Å². The highest BCUT2D eigenvalue weighted by molar-refractivity contribution is 5.61. The largest absolute Gasteiger partial charge is 0.492 e. The molecule has 0 fully saturated rings. The number of ether oxygens (including phenoxy) is 3. The van der Waals surface area contributed by atoms with Crippen LogP contribution in [0, 0.1) is 56.2 Å². The van der Waals surface area contributed by atoms with Gasteiger partial charge in [0.25, 0.3) is 0 Å². The van der Waals surface area contributed by atoms with Crippen LogP contribution in [0.5, 0.6) is 11.5 Å². The lowest BCUT2D eigenvalue weighted by Crippen LogP contribution is -2.24. The van der Waals surface area contributed by atoms with Gasteiger partial charge >= 0.3 is 0 Å². The Morgan fingerprint density at radius 2 is 0.984 bits per heavy atom. The highest BCUT2D eigenvalue weighted by atomic mass is 16.5. The Morgan fingerprint density at radius 1 is 0.590 bits per heavy atom. The first-order valence-electron chi connectivity index (χ1n) is 20.6. The topological polar surface area (TPSA) is 129 Å². The van der Waals surface area contributed by atoms with Crippen LogP contribution < -0.4 is 19.3 Å². The van der Waals surface area contributed by atoms with E-state index in [0.29, 0.717) is 45.8 Å². The molecule has 5 rings (SSSR count). The third kappa shape index (κ3) is 13.4. The van der Waals surface area contributed by atoms with E-state index < -0.39 is 0 Å². The molecule has 2 aliphatic rings. The normalized spacial score (nSPS) is 15.5. The Kier molecular flexibility index (Phi) is 15.6. The minimum absolute atomic E-state index is 0.0218. The van der Waals surface area contributed by atoms with Crippen molar-refractivity contribution in [3.05, 3.63) is 141 Å². The molecule has 0 radical (unpaired) electrons. The van der Waals surface area contributed by atoms with Crippen LogP contribution in [0.4, 0.5) is 11.4 Å². The second-order valence-corrected chi connectivity index (χ2v) is 17.4. The molecule has 0 saturated heterocycles. The van der Waals surface area contributed by atoms with Crippen molar-refractivity contribution in [3.63, 3.8) is 0 Å². The lowest BCUT2D eigenvalue weighted by atomic mass is 9.74. The molecular formula is C52H56N6O3. The van der Waals surface area contributed by atoms with Gasteiger partial charge in [0, 0.05) is 38.6 Å². The lowest BCUT2D eigenvalue weighted by Gasteiger charge is -2.30. The van der Waals surface area contributed by atoms with Gasteiger partial charge in [-0.3, -0.25) is 0 Å². The van der Waals surface area contributed by atoms with Gasteiger partial charge in [-0.2, -0.15) is 21.0 Å². The Hall–Kier alpha value is -6.78. The van der Waals surface area contributed by atoms with Gasteiger partial charge in [-0.1, -0.05) is 88.4 Å². The van der Waals surface area contributed by atoms with Gasteiger partial charge in [-0.05, 0) is 112 Å². The molecule has 3 aromatic rings. The maximum atomic E-state index is 9.40. The molecule has 0 amide bonds. The van der Waals surface area contributed by atoms with Gasteiger partial charge in [0.2, 0.25) is 0 Å². The summed E-state index contributed by atoms with van der Waals surface area (Å²) in [5.41, 5.74) is 9.43. The fourth-order valence-corrected chi connectivity index (χ4v) is 7.78. The second-order valence-electron chi connectivity index (χ2n) is 17.4. The molecule has 312 valence electrons. The Labute approximate surface area is 362 Å². The first kappa shape index (κ1) is 45.3. The average molecular weight is 813 g/mol. The molecule has 3 aromatic carbocycles. The van der Waals surface area contributed by atoms with Crippen molar-refractivity contribution in [3.8, 4) is 35.8 Å². The Balaban J connectivity index is 1.12. The average Bonchev–Trinajstić information content (AvgIpc) is 3.22. The predicted molar refractivity (Wildman–Crippen MR) is 244 cm³/mol. The number of hydrogen-bond acceptors (Lipinski definition) is 9. The summed E-state index contributed by atoms with van der Waals surface area (Å²) in [6.45, 7) is 11.4. The zero-order valence-corrected chi connectivity index (χ0v) is 36.6. The molecule has 0 N–H and O–H groups in total. The maximum Gasteiger partial charge on any atom is 0.132 e. The van der Waals surface area contributed by atoms with Crippen LogP contribution in [-0.4, -0.2) is 47.5 Å². The fourth-order valence-electron chi connectivity index (χ4n) is 7.78. The van der Waals surface area contributed by atoms with Crippen LogP contribution in [0.25, 0.3) is 12.2 Å². The fraction of sp³-hybridized carbons (Fsp3) is 0.346. The number of methoxy groups -OCH3 is 1. The first-order chi connectivity index (χ1) is 29.2. The van der Waals surface area contributed by atoms with Crippen molar-refractivity contribution >= 4 is 23.5 Å². The van der Waals surface area contributed by atoms with Crippen molar-refractivity contribution in [2.24, 2.45) is 10.8 Å². The minimum atomic E-state index is -0.0218. The van der Waals surface area contributed by atoms with E-state index in [1.807, 2.05) is 68.7 Å². The van der Waals surface area contributed by atoms with E-state index in [1.165, 1.54) is 0 Å². The minimum Gasteiger partial charge on any atom is -0.492 e. The van der Waals surface area contributed by atoms with Gasteiger partial charge in [0.05, 0.1) is 19.7 Å². The highest BCUT2D eigenvalue weighted by Crippen LogP contribution is 2.41. The van der Waals surface area contributed by atoms with Crippen molar-refractivity contribution in [2.45, 2.75) is 60.0 Å². The van der Waals surface area contributed by atoms with E-state index in [0.717, 1.165) is 74.7 Å².